The molecule has 1 unspecified atom stereocenters. The maximum atomic E-state index is 3.57. The van der Waals surface area contributed by atoms with Crippen molar-refractivity contribution in [3.05, 3.63) is 70.2 Å². The number of likely N-dealkylation sites (tertiary alicyclic amines) is 1. The van der Waals surface area contributed by atoms with Crippen LogP contribution < -0.4 is 0 Å². The van der Waals surface area contributed by atoms with E-state index in [9.17, 15) is 0 Å². The lowest BCUT2D eigenvalue weighted by atomic mass is 9.99. The van der Waals surface area contributed by atoms with Crippen molar-refractivity contribution in [2.24, 2.45) is 0 Å². The second-order valence-electron chi connectivity index (χ2n) is 5.58. The van der Waals surface area contributed by atoms with E-state index in [1.807, 2.05) is 0 Å². The average Bonchev–Trinajstić information content (AvgIpc) is 2.95. The summed E-state index contributed by atoms with van der Waals surface area (Å²) in [5, 5.41) is 0. The number of hydrogen-bond acceptors (Lipinski definition) is 1. The SMILES string of the molecule is Brc1cccc(C2CCN(CCc3ccccc3)C2)c1. The van der Waals surface area contributed by atoms with Gasteiger partial charge < -0.3 is 4.90 Å². The van der Waals surface area contributed by atoms with Gasteiger partial charge in [-0.05, 0) is 48.6 Å². The number of halogens is 1. The first kappa shape index (κ1) is 13.8. The van der Waals surface area contributed by atoms with Crippen molar-refractivity contribution in [1.29, 1.82) is 0 Å². The van der Waals surface area contributed by atoms with Crippen molar-refractivity contribution < 1.29 is 0 Å². The summed E-state index contributed by atoms with van der Waals surface area (Å²) in [6, 6.07) is 19.6. The van der Waals surface area contributed by atoms with E-state index in [1.165, 1.54) is 41.7 Å². The monoisotopic (exact) mass is 329 g/mol. The summed E-state index contributed by atoms with van der Waals surface area (Å²) in [4.78, 5) is 2.60. The summed E-state index contributed by atoms with van der Waals surface area (Å²) in [7, 11) is 0. The van der Waals surface area contributed by atoms with Crippen molar-refractivity contribution in [2.45, 2.75) is 18.8 Å². The molecule has 20 heavy (non-hydrogen) atoms. The van der Waals surface area contributed by atoms with Gasteiger partial charge in [-0.15, -0.1) is 0 Å². The predicted octanol–water partition coefficient (Wildman–Crippen LogP) is 4.48. The van der Waals surface area contributed by atoms with Crippen LogP contribution in [0.25, 0.3) is 0 Å². The highest BCUT2D eigenvalue weighted by atomic mass is 79.9. The first-order valence-electron chi connectivity index (χ1n) is 7.33. The number of hydrogen-bond donors (Lipinski definition) is 0. The molecule has 1 heterocycles. The average molecular weight is 330 g/mol. The van der Waals surface area contributed by atoms with Gasteiger partial charge in [0.25, 0.3) is 0 Å². The van der Waals surface area contributed by atoms with E-state index in [4.69, 9.17) is 0 Å². The van der Waals surface area contributed by atoms with E-state index >= 15 is 0 Å². The molecular formula is C18H20BrN. The van der Waals surface area contributed by atoms with Crippen LogP contribution in [0.2, 0.25) is 0 Å². The molecule has 3 rings (SSSR count). The molecule has 2 heteroatoms. The molecule has 104 valence electrons. The van der Waals surface area contributed by atoms with E-state index < -0.39 is 0 Å². The Kier molecular flexibility index (Phi) is 4.54. The minimum absolute atomic E-state index is 0.697. The van der Waals surface area contributed by atoms with Crippen molar-refractivity contribution in [3.63, 3.8) is 0 Å². The minimum Gasteiger partial charge on any atom is -0.302 e. The van der Waals surface area contributed by atoms with Gasteiger partial charge >= 0.3 is 0 Å². The second-order valence-corrected chi connectivity index (χ2v) is 6.49. The molecular weight excluding hydrogens is 310 g/mol. The van der Waals surface area contributed by atoms with Gasteiger partial charge in [-0.2, -0.15) is 0 Å². The van der Waals surface area contributed by atoms with Crippen LogP contribution in [-0.2, 0) is 6.42 Å². The van der Waals surface area contributed by atoms with Gasteiger partial charge in [-0.1, -0.05) is 58.4 Å². The fourth-order valence-electron chi connectivity index (χ4n) is 3.00. The zero-order chi connectivity index (χ0) is 13.8. The van der Waals surface area contributed by atoms with Gasteiger partial charge in [0, 0.05) is 17.6 Å². The molecule has 0 aliphatic carbocycles. The summed E-state index contributed by atoms with van der Waals surface area (Å²) in [5.74, 6) is 0.697. The molecule has 1 aliphatic heterocycles. The van der Waals surface area contributed by atoms with Gasteiger partial charge in [0.05, 0.1) is 0 Å². The smallest absolute Gasteiger partial charge is 0.0178 e. The van der Waals surface area contributed by atoms with Crippen molar-refractivity contribution >= 4 is 15.9 Å². The van der Waals surface area contributed by atoms with Crippen LogP contribution in [0, 0.1) is 0 Å². The van der Waals surface area contributed by atoms with Crippen molar-refractivity contribution in [2.75, 3.05) is 19.6 Å². The molecule has 0 radical (unpaired) electrons. The molecule has 1 saturated heterocycles. The van der Waals surface area contributed by atoms with E-state index in [0.29, 0.717) is 5.92 Å². The zero-order valence-electron chi connectivity index (χ0n) is 11.6. The van der Waals surface area contributed by atoms with Gasteiger partial charge in [0.1, 0.15) is 0 Å². The molecule has 0 amide bonds. The second kappa shape index (κ2) is 6.55. The maximum absolute atomic E-state index is 3.57. The molecule has 0 bridgehead atoms. The van der Waals surface area contributed by atoms with E-state index in [-0.39, 0.29) is 0 Å². The maximum Gasteiger partial charge on any atom is 0.0178 e. The topological polar surface area (TPSA) is 3.24 Å². The molecule has 0 saturated carbocycles. The Hall–Kier alpha value is -1.12. The lowest BCUT2D eigenvalue weighted by molar-refractivity contribution is 0.339. The Morgan fingerprint density at radius 1 is 1.05 bits per heavy atom. The van der Waals surface area contributed by atoms with Crippen LogP contribution in [0.4, 0.5) is 0 Å². The highest BCUT2D eigenvalue weighted by molar-refractivity contribution is 9.10. The fraction of sp³-hybridized carbons (Fsp3) is 0.333. The minimum atomic E-state index is 0.697. The summed E-state index contributed by atoms with van der Waals surface area (Å²) < 4.78 is 1.19. The first-order valence-corrected chi connectivity index (χ1v) is 8.12. The van der Waals surface area contributed by atoms with Gasteiger partial charge in [-0.3, -0.25) is 0 Å². The number of nitrogens with zero attached hydrogens (tertiary/aromatic N) is 1. The summed E-state index contributed by atoms with van der Waals surface area (Å²) in [5.41, 5.74) is 2.92. The van der Waals surface area contributed by atoms with Crippen LogP contribution in [-0.4, -0.2) is 24.5 Å². The third-order valence-corrected chi connectivity index (χ3v) is 4.65. The zero-order valence-corrected chi connectivity index (χ0v) is 13.2. The van der Waals surface area contributed by atoms with Gasteiger partial charge in [0.2, 0.25) is 0 Å². The standard InChI is InChI=1S/C18H20BrN/c19-18-8-4-7-16(13-18)17-10-12-20(14-17)11-9-15-5-2-1-3-6-15/h1-8,13,17H,9-12,14H2. The summed E-state index contributed by atoms with van der Waals surface area (Å²) in [6.07, 6.45) is 2.44. The molecule has 0 spiro atoms. The molecule has 1 aliphatic rings. The first-order chi connectivity index (χ1) is 9.81. The molecule has 0 N–H and O–H groups in total. The predicted molar refractivity (Wildman–Crippen MR) is 88.1 cm³/mol. The molecule has 2 aromatic rings. The Balaban J connectivity index is 1.55. The molecule has 1 nitrogen and oxygen atoms in total. The normalized spacial score (nSPS) is 19.4. The van der Waals surface area contributed by atoms with Crippen LogP contribution in [0.15, 0.2) is 59.1 Å². The Labute approximate surface area is 129 Å². The van der Waals surface area contributed by atoms with Crippen LogP contribution in [0.5, 0.6) is 0 Å². The van der Waals surface area contributed by atoms with Gasteiger partial charge in [-0.25, -0.2) is 0 Å². The Morgan fingerprint density at radius 2 is 1.90 bits per heavy atom. The van der Waals surface area contributed by atoms with Crippen LogP contribution >= 0.6 is 15.9 Å². The fourth-order valence-corrected chi connectivity index (χ4v) is 3.42. The lowest BCUT2D eigenvalue weighted by Crippen LogP contribution is -2.23. The van der Waals surface area contributed by atoms with Crippen LogP contribution in [0.3, 0.4) is 0 Å². The highest BCUT2D eigenvalue weighted by Crippen LogP contribution is 2.28. The van der Waals surface area contributed by atoms with Gasteiger partial charge in [0.15, 0.2) is 0 Å². The highest BCUT2D eigenvalue weighted by Gasteiger charge is 2.23. The molecule has 0 aromatic heterocycles. The van der Waals surface area contributed by atoms with E-state index in [0.717, 1.165) is 6.42 Å². The lowest BCUT2D eigenvalue weighted by Gasteiger charge is -2.16. The Morgan fingerprint density at radius 3 is 2.70 bits per heavy atom. The third-order valence-electron chi connectivity index (χ3n) is 4.15. The number of rotatable bonds is 4. The summed E-state index contributed by atoms with van der Waals surface area (Å²) in [6.45, 7) is 3.60. The van der Waals surface area contributed by atoms with Crippen molar-refractivity contribution in [1.82, 2.24) is 4.90 Å². The molecule has 2 aromatic carbocycles. The molecule has 1 atom stereocenters. The molecule has 1 fully saturated rings. The van der Waals surface area contributed by atoms with Crippen molar-refractivity contribution in [3.8, 4) is 0 Å². The van der Waals surface area contributed by atoms with Crippen LogP contribution in [0.1, 0.15) is 23.5 Å². The number of benzene rings is 2. The Bertz CT molecular complexity index is 552. The van der Waals surface area contributed by atoms with E-state index in [2.05, 4.69) is 75.4 Å². The largest absolute Gasteiger partial charge is 0.302 e. The van der Waals surface area contributed by atoms with E-state index in [1.54, 1.807) is 0 Å². The third kappa shape index (κ3) is 3.50. The summed E-state index contributed by atoms with van der Waals surface area (Å²) >= 11 is 3.57. The quantitative estimate of drug-likeness (QED) is 0.799.